The highest BCUT2D eigenvalue weighted by molar-refractivity contribution is 5.75. The van der Waals surface area contributed by atoms with Crippen LogP contribution in [0.2, 0.25) is 0 Å². The van der Waals surface area contributed by atoms with Gasteiger partial charge >= 0.3 is 0 Å². The van der Waals surface area contributed by atoms with E-state index in [4.69, 9.17) is 5.73 Å². The molecule has 1 fully saturated rings. The van der Waals surface area contributed by atoms with Crippen LogP contribution in [0.3, 0.4) is 0 Å². The third-order valence-corrected chi connectivity index (χ3v) is 4.14. The van der Waals surface area contributed by atoms with E-state index in [-0.39, 0.29) is 24.2 Å². The first-order valence-electron chi connectivity index (χ1n) is 7.05. The zero-order valence-corrected chi connectivity index (χ0v) is 11.3. The number of fused-ring (bicyclic) bond motifs is 1. The number of hydrogen-bond acceptors (Lipinski definition) is 4. The van der Waals surface area contributed by atoms with Crippen LogP contribution in [0.15, 0.2) is 29.2 Å². The molecule has 1 heterocycles. The number of hydrogen-bond donors (Lipinski definition) is 2. The molecule has 20 heavy (non-hydrogen) atoms. The maximum atomic E-state index is 12.2. The van der Waals surface area contributed by atoms with Crippen LogP contribution in [0.25, 0.3) is 11.0 Å². The predicted octanol–water partition coefficient (Wildman–Crippen LogP) is 1.33. The Bertz CT molecular complexity index is 672. The average molecular weight is 273 g/mol. The van der Waals surface area contributed by atoms with Crippen molar-refractivity contribution in [1.29, 1.82) is 0 Å². The average Bonchev–Trinajstić information content (AvgIpc) is 2.48. The molecule has 0 atom stereocenters. The van der Waals surface area contributed by atoms with Crippen LogP contribution in [0.1, 0.15) is 37.3 Å². The molecule has 1 aliphatic rings. The summed E-state index contributed by atoms with van der Waals surface area (Å²) in [5, 5.41) is 9.28. The first-order chi connectivity index (χ1) is 9.69. The van der Waals surface area contributed by atoms with Crippen molar-refractivity contribution in [1.82, 2.24) is 9.55 Å². The van der Waals surface area contributed by atoms with Gasteiger partial charge in [0.2, 0.25) is 0 Å². The van der Waals surface area contributed by atoms with Crippen LogP contribution >= 0.6 is 0 Å². The van der Waals surface area contributed by atoms with Crippen LogP contribution in [0, 0.1) is 0 Å². The summed E-state index contributed by atoms with van der Waals surface area (Å²) in [6.07, 6.45) is 5.11. The summed E-state index contributed by atoms with van der Waals surface area (Å²) in [5.74, 6) is 0. The molecule has 3 N–H and O–H groups in total. The second-order valence-corrected chi connectivity index (χ2v) is 5.52. The molecular weight excluding hydrogens is 254 g/mol. The Morgan fingerprint density at radius 3 is 2.75 bits per heavy atom. The van der Waals surface area contributed by atoms with Crippen LogP contribution in [0.4, 0.5) is 0 Å². The van der Waals surface area contributed by atoms with Gasteiger partial charge in [0.1, 0.15) is 0 Å². The molecule has 0 spiro atoms. The lowest BCUT2D eigenvalue weighted by Gasteiger charge is -2.28. The molecule has 106 valence electrons. The Morgan fingerprint density at radius 2 is 2.05 bits per heavy atom. The third-order valence-electron chi connectivity index (χ3n) is 4.14. The number of rotatable bonds is 2. The van der Waals surface area contributed by atoms with Gasteiger partial charge in [0.25, 0.3) is 5.56 Å². The number of aliphatic hydroxyl groups excluding tert-OH is 1. The van der Waals surface area contributed by atoms with Crippen molar-refractivity contribution in [3.63, 3.8) is 0 Å². The monoisotopic (exact) mass is 273 g/mol. The molecule has 0 amide bonds. The SMILES string of the molecule is NC1CCC(n2c(=O)cnc3ccc(CO)cc32)CC1. The van der Waals surface area contributed by atoms with Gasteiger partial charge in [0, 0.05) is 12.1 Å². The molecule has 0 saturated heterocycles. The minimum Gasteiger partial charge on any atom is -0.392 e. The Balaban J connectivity index is 2.12. The van der Waals surface area contributed by atoms with Gasteiger partial charge in [-0.15, -0.1) is 0 Å². The largest absolute Gasteiger partial charge is 0.392 e. The fourth-order valence-electron chi connectivity index (χ4n) is 3.01. The Hall–Kier alpha value is -1.72. The van der Waals surface area contributed by atoms with Crippen molar-refractivity contribution in [2.45, 2.75) is 44.4 Å². The molecule has 2 aromatic rings. The van der Waals surface area contributed by atoms with Gasteiger partial charge in [-0.05, 0) is 43.4 Å². The summed E-state index contributed by atoms with van der Waals surface area (Å²) in [6.45, 7) is -0.0332. The van der Waals surface area contributed by atoms with Crippen molar-refractivity contribution in [3.8, 4) is 0 Å². The highest BCUT2D eigenvalue weighted by atomic mass is 16.3. The highest BCUT2D eigenvalue weighted by Gasteiger charge is 2.22. The van der Waals surface area contributed by atoms with E-state index in [9.17, 15) is 9.90 Å². The van der Waals surface area contributed by atoms with E-state index < -0.39 is 0 Å². The van der Waals surface area contributed by atoms with Gasteiger partial charge in [-0.25, -0.2) is 4.98 Å². The second-order valence-electron chi connectivity index (χ2n) is 5.52. The van der Waals surface area contributed by atoms with Crippen molar-refractivity contribution in [2.75, 3.05) is 0 Å². The lowest BCUT2D eigenvalue weighted by atomic mass is 9.91. The number of nitrogens with zero attached hydrogens (tertiary/aromatic N) is 2. The fraction of sp³-hybridized carbons (Fsp3) is 0.467. The molecule has 0 unspecified atom stereocenters. The fourth-order valence-corrected chi connectivity index (χ4v) is 3.01. The molecule has 3 rings (SSSR count). The standard InChI is InChI=1S/C15H19N3O2/c16-11-2-4-12(5-3-11)18-14-7-10(9-19)1-6-13(14)17-8-15(18)20/h1,6-8,11-12,19H,2-5,9,16H2. The zero-order valence-electron chi connectivity index (χ0n) is 11.3. The van der Waals surface area contributed by atoms with Gasteiger partial charge < -0.3 is 15.4 Å². The lowest BCUT2D eigenvalue weighted by molar-refractivity contribution is 0.282. The van der Waals surface area contributed by atoms with E-state index in [1.807, 2.05) is 22.8 Å². The van der Waals surface area contributed by atoms with Crippen molar-refractivity contribution < 1.29 is 5.11 Å². The van der Waals surface area contributed by atoms with Crippen molar-refractivity contribution in [2.24, 2.45) is 5.73 Å². The summed E-state index contributed by atoms with van der Waals surface area (Å²) in [4.78, 5) is 16.4. The quantitative estimate of drug-likeness (QED) is 0.865. The van der Waals surface area contributed by atoms with E-state index in [1.165, 1.54) is 6.20 Å². The molecule has 1 aromatic carbocycles. The molecule has 0 aliphatic heterocycles. The Morgan fingerprint density at radius 1 is 1.30 bits per heavy atom. The van der Waals surface area contributed by atoms with Crippen LogP contribution in [0.5, 0.6) is 0 Å². The Kier molecular flexibility index (Phi) is 3.54. The van der Waals surface area contributed by atoms with Crippen LogP contribution < -0.4 is 11.3 Å². The van der Waals surface area contributed by atoms with E-state index in [2.05, 4.69) is 4.98 Å². The molecule has 5 nitrogen and oxygen atoms in total. The topological polar surface area (TPSA) is 81.1 Å². The number of aromatic nitrogens is 2. The smallest absolute Gasteiger partial charge is 0.269 e. The number of nitrogens with two attached hydrogens (primary N) is 1. The zero-order chi connectivity index (χ0) is 14.1. The molecule has 0 bridgehead atoms. The second kappa shape index (κ2) is 5.34. The maximum absolute atomic E-state index is 12.2. The highest BCUT2D eigenvalue weighted by Crippen LogP contribution is 2.28. The molecule has 1 saturated carbocycles. The van der Waals surface area contributed by atoms with E-state index in [0.717, 1.165) is 42.3 Å². The van der Waals surface area contributed by atoms with Gasteiger partial charge in [0.05, 0.1) is 23.8 Å². The molecule has 5 heteroatoms. The van der Waals surface area contributed by atoms with E-state index >= 15 is 0 Å². The third kappa shape index (κ3) is 2.34. The van der Waals surface area contributed by atoms with Gasteiger partial charge in [-0.2, -0.15) is 0 Å². The van der Waals surface area contributed by atoms with Gasteiger partial charge in [0.15, 0.2) is 0 Å². The Labute approximate surface area is 117 Å². The van der Waals surface area contributed by atoms with E-state index in [1.54, 1.807) is 0 Å². The van der Waals surface area contributed by atoms with Crippen LogP contribution in [-0.2, 0) is 6.61 Å². The van der Waals surface area contributed by atoms with Crippen LogP contribution in [-0.4, -0.2) is 20.7 Å². The van der Waals surface area contributed by atoms with Gasteiger partial charge in [-0.3, -0.25) is 4.79 Å². The molecule has 1 aliphatic carbocycles. The molecular formula is C15H19N3O2. The molecule has 0 radical (unpaired) electrons. The number of aliphatic hydroxyl groups is 1. The maximum Gasteiger partial charge on any atom is 0.269 e. The lowest BCUT2D eigenvalue weighted by Crippen LogP contribution is -2.32. The minimum atomic E-state index is -0.0759. The molecule has 1 aromatic heterocycles. The summed E-state index contributed by atoms with van der Waals surface area (Å²) in [5.41, 5.74) is 8.26. The van der Waals surface area contributed by atoms with Crippen molar-refractivity contribution >= 4 is 11.0 Å². The first kappa shape index (κ1) is 13.3. The predicted molar refractivity (Wildman–Crippen MR) is 77.4 cm³/mol. The van der Waals surface area contributed by atoms with E-state index in [0.29, 0.717) is 0 Å². The summed E-state index contributed by atoms with van der Waals surface area (Å²) in [7, 11) is 0. The first-order valence-corrected chi connectivity index (χ1v) is 7.05. The van der Waals surface area contributed by atoms with Crippen molar-refractivity contribution in [3.05, 3.63) is 40.3 Å². The number of benzene rings is 1. The minimum absolute atomic E-state index is 0.0332. The summed E-state index contributed by atoms with van der Waals surface area (Å²) >= 11 is 0. The van der Waals surface area contributed by atoms with Gasteiger partial charge in [-0.1, -0.05) is 6.07 Å². The summed E-state index contributed by atoms with van der Waals surface area (Å²) < 4.78 is 1.83. The summed E-state index contributed by atoms with van der Waals surface area (Å²) in [6, 6.07) is 5.98. The normalized spacial score (nSPS) is 23.1.